The van der Waals surface area contributed by atoms with Gasteiger partial charge >= 0.3 is 5.97 Å². The van der Waals surface area contributed by atoms with E-state index in [1.165, 1.54) is 7.11 Å². The molecule has 0 aliphatic heterocycles. The lowest BCUT2D eigenvalue weighted by Crippen LogP contribution is -2.32. The summed E-state index contributed by atoms with van der Waals surface area (Å²) in [5.74, 6) is 0.581. The SMILES string of the molecule is COC(=O)C1(CNCC(C)C)CC1. The van der Waals surface area contributed by atoms with E-state index in [0.29, 0.717) is 5.92 Å². The maximum absolute atomic E-state index is 11.3. The molecule has 1 N–H and O–H groups in total. The van der Waals surface area contributed by atoms with Crippen LogP contribution in [0.3, 0.4) is 0 Å². The smallest absolute Gasteiger partial charge is 0.313 e. The standard InChI is InChI=1S/C10H19NO2/c1-8(2)6-11-7-10(4-5-10)9(12)13-3/h8,11H,4-7H2,1-3H3. The Hall–Kier alpha value is -0.570. The van der Waals surface area contributed by atoms with E-state index in [9.17, 15) is 4.79 Å². The molecule has 0 aromatic carbocycles. The van der Waals surface area contributed by atoms with Crippen molar-refractivity contribution in [2.24, 2.45) is 11.3 Å². The fourth-order valence-corrected chi connectivity index (χ4v) is 1.42. The van der Waals surface area contributed by atoms with Gasteiger partial charge < -0.3 is 10.1 Å². The van der Waals surface area contributed by atoms with Crippen molar-refractivity contribution in [2.75, 3.05) is 20.2 Å². The van der Waals surface area contributed by atoms with E-state index in [1.54, 1.807) is 0 Å². The van der Waals surface area contributed by atoms with Crippen LogP contribution >= 0.6 is 0 Å². The molecule has 0 radical (unpaired) electrons. The van der Waals surface area contributed by atoms with Crippen molar-refractivity contribution in [1.29, 1.82) is 0 Å². The molecular weight excluding hydrogens is 166 g/mol. The van der Waals surface area contributed by atoms with Gasteiger partial charge in [-0.3, -0.25) is 4.79 Å². The number of carbonyl (C=O) groups is 1. The van der Waals surface area contributed by atoms with Gasteiger partial charge in [-0.2, -0.15) is 0 Å². The Balaban J connectivity index is 2.24. The summed E-state index contributed by atoms with van der Waals surface area (Å²) >= 11 is 0. The first kappa shape index (κ1) is 10.5. The highest BCUT2D eigenvalue weighted by Crippen LogP contribution is 2.45. The van der Waals surface area contributed by atoms with Crippen molar-refractivity contribution < 1.29 is 9.53 Å². The quantitative estimate of drug-likeness (QED) is 0.654. The highest BCUT2D eigenvalue weighted by atomic mass is 16.5. The van der Waals surface area contributed by atoms with E-state index in [1.807, 2.05) is 0 Å². The Labute approximate surface area is 79.8 Å². The fraction of sp³-hybridized carbons (Fsp3) is 0.900. The molecule has 0 atom stereocenters. The second-order valence-electron chi connectivity index (χ2n) is 4.30. The number of carbonyl (C=O) groups excluding carboxylic acids is 1. The topological polar surface area (TPSA) is 38.3 Å². The molecule has 0 saturated heterocycles. The minimum absolute atomic E-state index is 0.0521. The van der Waals surface area contributed by atoms with Gasteiger partial charge in [0.25, 0.3) is 0 Å². The Morgan fingerprint density at radius 3 is 2.54 bits per heavy atom. The van der Waals surface area contributed by atoms with E-state index in [-0.39, 0.29) is 11.4 Å². The third kappa shape index (κ3) is 2.69. The highest BCUT2D eigenvalue weighted by Gasteiger charge is 2.50. The van der Waals surface area contributed by atoms with Gasteiger partial charge in [0.05, 0.1) is 12.5 Å². The molecule has 1 fully saturated rings. The molecule has 1 aliphatic carbocycles. The average Bonchev–Trinajstić information content (AvgIpc) is 2.84. The third-order valence-corrected chi connectivity index (χ3v) is 2.49. The summed E-state index contributed by atoms with van der Waals surface area (Å²) in [5, 5.41) is 3.30. The van der Waals surface area contributed by atoms with Crippen molar-refractivity contribution in [2.45, 2.75) is 26.7 Å². The molecular formula is C10H19NO2. The van der Waals surface area contributed by atoms with Gasteiger partial charge in [0, 0.05) is 6.54 Å². The summed E-state index contributed by atoms with van der Waals surface area (Å²) in [6.45, 7) is 6.06. The third-order valence-electron chi connectivity index (χ3n) is 2.49. The monoisotopic (exact) mass is 185 g/mol. The molecule has 3 nitrogen and oxygen atoms in total. The van der Waals surface area contributed by atoms with Crippen molar-refractivity contribution in [1.82, 2.24) is 5.32 Å². The van der Waals surface area contributed by atoms with Gasteiger partial charge in [0.15, 0.2) is 0 Å². The van der Waals surface area contributed by atoms with E-state index in [2.05, 4.69) is 19.2 Å². The van der Waals surface area contributed by atoms with Gasteiger partial charge in [-0.25, -0.2) is 0 Å². The maximum atomic E-state index is 11.3. The Kier molecular flexibility index (Phi) is 3.31. The zero-order valence-electron chi connectivity index (χ0n) is 8.72. The summed E-state index contributed by atoms with van der Waals surface area (Å²) in [7, 11) is 1.46. The van der Waals surface area contributed by atoms with Crippen molar-refractivity contribution in [3.05, 3.63) is 0 Å². The molecule has 0 unspecified atom stereocenters. The number of esters is 1. The van der Waals surface area contributed by atoms with Gasteiger partial charge in [-0.05, 0) is 25.3 Å². The molecule has 76 valence electrons. The molecule has 0 amide bonds. The second kappa shape index (κ2) is 4.09. The summed E-state index contributed by atoms with van der Waals surface area (Å²) in [5.41, 5.74) is -0.177. The van der Waals surface area contributed by atoms with Crippen LogP contribution < -0.4 is 5.32 Å². The van der Waals surface area contributed by atoms with Crippen LogP contribution in [-0.4, -0.2) is 26.2 Å². The summed E-state index contributed by atoms with van der Waals surface area (Å²) < 4.78 is 4.76. The van der Waals surface area contributed by atoms with Crippen LogP contribution in [0.2, 0.25) is 0 Å². The molecule has 0 heterocycles. The van der Waals surface area contributed by atoms with Gasteiger partial charge in [-0.15, -0.1) is 0 Å². The van der Waals surface area contributed by atoms with Crippen LogP contribution in [0, 0.1) is 11.3 Å². The van der Waals surface area contributed by atoms with Crippen molar-refractivity contribution >= 4 is 5.97 Å². The van der Waals surface area contributed by atoms with E-state index < -0.39 is 0 Å². The van der Waals surface area contributed by atoms with Gasteiger partial charge in [-0.1, -0.05) is 13.8 Å². The first-order valence-corrected chi connectivity index (χ1v) is 4.90. The largest absolute Gasteiger partial charge is 0.469 e. The molecule has 1 saturated carbocycles. The van der Waals surface area contributed by atoms with Crippen molar-refractivity contribution in [3.8, 4) is 0 Å². The van der Waals surface area contributed by atoms with Crippen LogP contribution in [0.1, 0.15) is 26.7 Å². The number of nitrogens with one attached hydrogen (secondary N) is 1. The predicted molar refractivity (Wildman–Crippen MR) is 51.4 cm³/mol. The van der Waals surface area contributed by atoms with E-state index in [0.717, 1.165) is 25.9 Å². The van der Waals surface area contributed by atoms with Crippen molar-refractivity contribution in [3.63, 3.8) is 0 Å². The van der Waals surface area contributed by atoms with Crippen LogP contribution in [-0.2, 0) is 9.53 Å². The number of hydrogen-bond acceptors (Lipinski definition) is 3. The lowest BCUT2D eigenvalue weighted by molar-refractivity contribution is -0.146. The van der Waals surface area contributed by atoms with Crippen LogP contribution in [0.4, 0.5) is 0 Å². The second-order valence-corrected chi connectivity index (χ2v) is 4.30. The van der Waals surface area contributed by atoms with Crippen LogP contribution in [0.25, 0.3) is 0 Å². The molecule has 0 spiro atoms. The lowest BCUT2D eigenvalue weighted by atomic mass is 10.1. The Morgan fingerprint density at radius 1 is 1.54 bits per heavy atom. The minimum Gasteiger partial charge on any atom is -0.469 e. The summed E-state index contributed by atoms with van der Waals surface area (Å²) in [6.07, 6.45) is 1.95. The first-order chi connectivity index (χ1) is 6.10. The zero-order chi connectivity index (χ0) is 9.90. The summed E-state index contributed by atoms with van der Waals surface area (Å²) in [6, 6.07) is 0. The number of ether oxygens (including phenoxy) is 1. The molecule has 3 heteroatoms. The number of hydrogen-bond donors (Lipinski definition) is 1. The van der Waals surface area contributed by atoms with E-state index in [4.69, 9.17) is 4.74 Å². The van der Waals surface area contributed by atoms with E-state index >= 15 is 0 Å². The average molecular weight is 185 g/mol. The van der Waals surface area contributed by atoms with Crippen LogP contribution in [0.5, 0.6) is 0 Å². The zero-order valence-corrected chi connectivity index (χ0v) is 8.72. The normalized spacial score (nSPS) is 18.8. The maximum Gasteiger partial charge on any atom is 0.313 e. The molecule has 1 rings (SSSR count). The number of rotatable bonds is 5. The van der Waals surface area contributed by atoms with Crippen LogP contribution in [0.15, 0.2) is 0 Å². The molecule has 0 bridgehead atoms. The molecule has 1 aliphatic rings. The Bertz CT molecular complexity index is 185. The first-order valence-electron chi connectivity index (χ1n) is 4.90. The molecule has 13 heavy (non-hydrogen) atoms. The minimum atomic E-state index is -0.177. The molecule has 0 aromatic heterocycles. The highest BCUT2D eigenvalue weighted by molar-refractivity contribution is 5.80. The predicted octanol–water partition coefficient (Wildman–Crippen LogP) is 1.19. The molecule has 0 aromatic rings. The van der Waals surface area contributed by atoms with Gasteiger partial charge in [0.2, 0.25) is 0 Å². The Morgan fingerprint density at radius 2 is 2.15 bits per heavy atom. The number of methoxy groups -OCH3 is 1. The lowest BCUT2D eigenvalue weighted by Gasteiger charge is -2.14. The van der Waals surface area contributed by atoms with Gasteiger partial charge in [0.1, 0.15) is 0 Å². The summed E-state index contributed by atoms with van der Waals surface area (Å²) in [4.78, 5) is 11.3. The fourth-order valence-electron chi connectivity index (χ4n) is 1.42.